The molecule has 338 valence electrons. The Bertz CT molecular complexity index is 1080. The molecule has 0 saturated heterocycles. The molecule has 8 nitrogen and oxygen atoms in total. The van der Waals surface area contributed by atoms with Crippen LogP contribution in [0.2, 0.25) is 0 Å². The van der Waals surface area contributed by atoms with Gasteiger partial charge in [-0.25, -0.2) is 4.57 Å². The van der Waals surface area contributed by atoms with Crippen molar-refractivity contribution in [2.24, 2.45) is 0 Å². The first-order chi connectivity index (χ1) is 28.3. The van der Waals surface area contributed by atoms with Crippen LogP contribution in [-0.2, 0) is 32.7 Å². The third kappa shape index (κ3) is 43.6. The standard InChI is InChI=1S/C49H89O8P/c1-4-7-9-11-13-15-17-19-21-23-24-25-26-28-29-31-33-35-37-39-41-43-48(50)54-45-47(46-56-58(52,53)55-6-3)57-49(51)44-42-40-38-36-34-32-30-27-22-20-18-16-14-12-10-8-5-2/h8,10,14,16,20,22-24,47H,4-7,9,11-13,15,17-19,21,25-46H2,1-3H3,(H,52,53)/b10-8-,16-14-,22-20-,24-23-. The van der Waals surface area contributed by atoms with Crippen LogP contribution in [0.3, 0.4) is 0 Å². The number of phosphoric acid groups is 1. The van der Waals surface area contributed by atoms with Crippen molar-refractivity contribution in [1.82, 2.24) is 0 Å². The molecule has 0 rings (SSSR count). The lowest BCUT2D eigenvalue weighted by molar-refractivity contribution is -0.161. The Morgan fingerprint density at radius 2 is 0.879 bits per heavy atom. The van der Waals surface area contributed by atoms with E-state index >= 15 is 0 Å². The molecule has 0 aliphatic carbocycles. The molecule has 0 spiro atoms. The normalized spacial score (nSPS) is 13.7. The highest BCUT2D eigenvalue weighted by Crippen LogP contribution is 2.43. The van der Waals surface area contributed by atoms with Crippen LogP contribution in [-0.4, -0.2) is 42.8 Å². The second-order valence-electron chi connectivity index (χ2n) is 15.7. The average molecular weight is 837 g/mol. The first-order valence-corrected chi connectivity index (χ1v) is 25.4. The highest BCUT2D eigenvalue weighted by molar-refractivity contribution is 7.47. The Morgan fingerprint density at radius 1 is 0.483 bits per heavy atom. The van der Waals surface area contributed by atoms with E-state index in [1.807, 2.05) is 0 Å². The molecular weight excluding hydrogens is 748 g/mol. The Hall–Kier alpha value is -1.99. The Morgan fingerprint density at radius 3 is 1.34 bits per heavy atom. The number of esters is 2. The second kappa shape index (κ2) is 44.6. The van der Waals surface area contributed by atoms with Crippen molar-refractivity contribution in [1.29, 1.82) is 0 Å². The zero-order valence-corrected chi connectivity index (χ0v) is 38.6. The van der Waals surface area contributed by atoms with Gasteiger partial charge in [0.05, 0.1) is 13.2 Å². The third-order valence-electron chi connectivity index (χ3n) is 10.1. The molecule has 2 atom stereocenters. The molecular formula is C49H89O8P. The zero-order valence-electron chi connectivity index (χ0n) is 37.7. The Labute approximate surface area is 357 Å². The molecule has 0 aromatic rings. The fourth-order valence-electron chi connectivity index (χ4n) is 6.64. The van der Waals surface area contributed by atoms with E-state index in [-0.39, 0.29) is 32.0 Å². The van der Waals surface area contributed by atoms with E-state index in [0.717, 1.165) is 64.2 Å². The van der Waals surface area contributed by atoms with E-state index < -0.39 is 26.5 Å². The largest absolute Gasteiger partial charge is 0.472 e. The first kappa shape index (κ1) is 56.0. The van der Waals surface area contributed by atoms with Crippen LogP contribution in [0.1, 0.15) is 226 Å². The molecule has 0 heterocycles. The minimum atomic E-state index is -4.29. The molecule has 0 aliphatic heterocycles. The highest BCUT2D eigenvalue weighted by Gasteiger charge is 2.25. The predicted octanol–water partition coefficient (Wildman–Crippen LogP) is 15.3. The molecule has 0 fully saturated rings. The molecule has 58 heavy (non-hydrogen) atoms. The molecule has 0 saturated carbocycles. The van der Waals surface area contributed by atoms with Crippen LogP contribution in [0.5, 0.6) is 0 Å². The quantitative estimate of drug-likeness (QED) is 0.0280. The summed E-state index contributed by atoms with van der Waals surface area (Å²) in [6, 6.07) is 0. The van der Waals surface area contributed by atoms with Crippen molar-refractivity contribution in [3.05, 3.63) is 48.6 Å². The summed E-state index contributed by atoms with van der Waals surface area (Å²) in [4.78, 5) is 34.9. The fourth-order valence-corrected chi connectivity index (χ4v) is 7.39. The van der Waals surface area contributed by atoms with E-state index in [0.29, 0.717) is 6.42 Å². The van der Waals surface area contributed by atoms with Gasteiger partial charge in [0, 0.05) is 12.8 Å². The average Bonchev–Trinajstić information content (AvgIpc) is 3.20. The van der Waals surface area contributed by atoms with Gasteiger partial charge in [-0.15, -0.1) is 0 Å². The van der Waals surface area contributed by atoms with Crippen LogP contribution in [0, 0.1) is 0 Å². The SMILES string of the molecule is CC/C=C\C/C=C\C/C=C\CCCCCCCCCC(=O)OC(COC(=O)CCCCCCCCCCC/C=C\CCCCCCCCCC)COP(=O)(O)OCC. The molecule has 0 radical (unpaired) electrons. The van der Waals surface area contributed by atoms with Crippen molar-refractivity contribution in [2.45, 2.75) is 232 Å². The van der Waals surface area contributed by atoms with Crippen molar-refractivity contribution in [3.63, 3.8) is 0 Å². The highest BCUT2D eigenvalue weighted by atomic mass is 31.2. The monoisotopic (exact) mass is 837 g/mol. The van der Waals surface area contributed by atoms with E-state index in [2.05, 4.69) is 62.5 Å². The van der Waals surface area contributed by atoms with Crippen LogP contribution in [0.25, 0.3) is 0 Å². The van der Waals surface area contributed by atoms with E-state index in [4.69, 9.17) is 18.5 Å². The van der Waals surface area contributed by atoms with Gasteiger partial charge in [-0.05, 0) is 77.6 Å². The summed E-state index contributed by atoms with van der Waals surface area (Å²) in [6.07, 6.45) is 53.1. The molecule has 0 bridgehead atoms. The maximum Gasteiger partial charge on any atom is 0.472 e. The lowest BCUT2D eigenvalue weighted by Crippen LogP contribution is -2.29. The number of rotatable bonds is 44. The molecule has 1 N–H and O–H groups in total. The number of ether oxygens (including phenoxy) is 2. The van der Waals surface area contributed by atoms with Gasteiger partial charge in [-0.2, -0.15) is 0 Å². The number of hydrogen-bond acceptors (Lipinski definition) is 7. The number of carbonyl (C=O) groups is 2. The fraction of sp³-hybridized carbons (Fsp3) is 0.796. The lowest BCUT2D eigenvalue weighted by atomic mass is 10.1. The van der Waals surface area contributed by atoms with E-state index in [1.165, 1.54) is 122 Å². The Kier molecular flexibility index (Phi) is 43.0. The van der Waals surface area contributed by atoms with E-state index in [1.54, 1.807) is 6.92 Å². The number of carbonyl (C=O) groups excluding carboxylic acids is 2. The van der Waals surface area contributed by atoms with Crippen molar-refractivity contribution in [2.75, 3.05) is 19.8 Å². The maximum atomic E-state index is 12.6. The minimum absolute atomic E-state index is 0.00294. The molecule has 0 aromatic carbocycles. The maximum absolute atomic E-state index is 12.6. The molecule has 0 amide bonds. The molecule has 0 aromatic heterocycles. The predicted molar refractivity (Wildman–Crippen MR) is 244 cm³/mol. The Balaban J connectivity index is 4.02. The van der Waals surface area contributed by atoms with Gasteiger partial charge in [0.2, 0.25) is 0 Å². The van der Waals surface area contributed by atoms with Gasteiger partial charge in [-0.1, -0.05) is 184 Å². The second-order valence-corrected chi connectivity index (χ2v) is 17.2. The number of phosphoric ester groups is 1. The van der Waals surface area contributed by atoms with Gasteiger partial charge in [0.25, 0.3) is 0 Å². The van der Waals surface area contributed by atoms with Crippen LogP contribution < -0.4 is 0 Å². The topological polar surface area (TPSA) is 108 Å². The van der Waals surface area contributed by atoms with Gasteiger partial charge >= 0.3 is 19.8 Å². The summed E-state index contributed by atoms with van der Waals surface area (Å²) in [5.41, 5.74) is 0. The van der Waals surface area contributed by atoms with Gasteiger partial charge in [0.1, 0.15) is 6.61 Å². The number of allylic oxidation sites excluding steroid dienone is 8. The summed E-state index contributed by atoms with van der Waals surface area (Å²) < 4.78 is 32.7. The van der Waals surface area contributed by atoms with Gasteiger partial charge in [0.15, 0.2) is 6.10 Å². The molecule has 2 unspecified atom stereocenters. The van der Waals surface area contributed by atoms with E-state index in [9.17, 15) is 19.0 Å². The van der Waals surface area contributed by atoms with Gasteiger partial charge < -0.3 is 14.4 Å². The van der Waals surface area contributed by atoms with Crippen LogP contribution >= 0.6 is 7.82 Å². The third-order valence-corrected chi connectivity index (χ3v) is 11.2. The van der Waals surface area contributed by atoms with Crippen LogP contribution in [0.4, 0.5) is 0 Å². The number of unbranched alkanes of at least 4 members (excludes halogenated alkanes) is 24. The van der Waals surface area contributed by atoms with Gasteiger partial charge in [-0.3, -0.25) is 18.6 Å². The van der Waals surface area contributed by atoms with Crippen molar-refractivity contribution in [3.8, 4) is 0 Å². The summed E-state index contributed by atoms with van der Waals surface area (Å²) in [7, 11) is -4.29. The van der Waals surface area contributed by atoms with Crippen molar-refractivity contribution >= 4 is 19.8 Å². The summed E-state index contributed by atoms with van der Waals surface area (Å²) >= 11 is 0. The zero-order chi connectivity index (χ0) is 42.5. The van der Waals surface area contributed by atoms with Crippen molar-refractivity contribution < 1.29 is 37.6 Å². The first-order valence-electron chi connectivity index (χ1n) is 23.9. The minimum Gasteiger partial charge on any atom is -0.462 e. The molecule has 9 heteroatoms. The summed E-state index contributed by atoms with van der Waals surface area (Å²) in [6.45, 7) is 5.37. The molecule has 0 aliphatic rings. The van der Waals surface area contributed by atoms with Crippen LogP contribution in [0.15, 0.2) is 48.6 Å². The smallest absolute Gasteiger partial charge is 0.462 e. The lowest BCUT2D eigenvalue weighted by Gasteiger charge is -2.19. The summed E-state index contributed by atoms with van der Waals surface area (Å²) in [5.74, 6) is -0.807. The summed E-state index contributed by atoms with van der Waals surface area (Å²) in [5, 5.41) is 0. The number of hydrogen-bond donors (Lipinski definition) is 1.